The summed E-state index contributed by atoms with van der Waals surface area (Å²) >= 11 is 4.93. The van der Waals surface area contributed by atoms with Crippen LogP contribution in [0, 0.1) is 0 Å². The van der Waals surface area contributed by atoms with E-state index >= 15 is 0 Å². The van der Waals surface area contributed by atoms with Gasteiger partial charge in [-0.1, -0.05) is 15.9 Å². The van der Waals surface area contributed by atoms with Crippen LogP contribution in [0.5, 0.6) is 0 Å². The number of thiophene rings is 1. The minimum Gasteiger partial charge on any atom is -0.353 e. The van der Waals surface area contributed by atoms with E-state index in [0.29, 0.717) is 11.1 Å². The van der Waals surface area contributed by atoms with E-state index in [0.717, 1.165) is 15.8 Å². The summed E-state index contributed by atoms with van der Waals surface area (Å²) < 4.78 is 0.745. The van der Waals surface area contributed by atoms with Crippen molar-refractivity contribution in [2.24, 2.45) is 0 Å². The Balaban J connectivity index is 1.54. The largest absolute Gasteiger partial charge is 0.353 e. The molecule has 1 atom stereocenters. The molecule has 0 radical (unpaired) electrons. The number of carbonyl (C=O) groups is 3. The van der Waals surface area contributed by atoms with Crippen LogP contribution in [0.4, 0.5) is 0 Å². The standard InChI is InChI=1S/C18H17BrN2O3S/c1-11(8-12-5-7-25-10-12)20-16(22)4-6-21-17(23)14-3-2-13(19)9-15(14)18(21)24/h2-3,5,7,9-11H,4,6,8H2,1H3,(H,20,22). The molecular weight excluding hydrogens is 404 g/mol. The number of halogens is 1. The van der Waals surface area contributed by atoms with Crippen molar-refractivity contribution in [1.29, 1.82) is 0 Å². The molecule has 2 aromatic rings. The van der Waals surface area contributed by atoms with Gasteiger partial charge in [-0.05, 0) is 53.9 Å². The lowest BCUT2D eigenvalue weighted by molar-refractivity contribution is -0.121. The number of nitrogens with one attached hydrogen (secondary N) is 1. The normalized spacial score (nSPS) is 14.6. The molecule has 5 nitrogen and oxygen atoms in total. The van der Waals surface area contributed by atoms with E-state index in [1.54, 1.807) is 29.5 Å². The molecule has 1 unspecified atom stereocenters. The number of hydrogen-bond acceptors (Lipinski definition) is 4. The molecule has 2 heterocycles. The highest BCUT2D eigenvalue weighted by molar-refractivity contribution is 9.10. The van der Waals surface area contributed by atoms with Crippen LogP contribution in [0.15, 0.2) is 39.5 Å². The third kappa shape index (κ3) is 3.99. The molecule has 1 aromatic carbocycles. The molecular formula is C18H17BrN2O3S. The van der Waals surface area contributed by atoms with Crippen molar-refractivity contribution in [2.75, 3.05) is 6.54 Å². The van der Waals surface area contributed by atoms with Gasteiger partial charge in [0, 0.05) is 23.5 Å². The third-order valence-corrected chi connectivity index (χ3v) is 5.25. The van der Waals surface area contributed by atoms with Crippen LogP contribution in [0.2, 0.25) is 0 Å². The summed E-state index contributed by atoms with van der Waals surface area (Å²) in [6.45, 7) is 2.02. The molecule has 0 bridgehead atoms. The molecule has 25 heavy (non-hydrogen) atoms. The highest BCUT2D eigenvalue weighted by Gasteiger charge is 2.35. The number of carbonyl (C=O) groups excluding carboxylic acids is 3. The van der Waals surface area contributed by atoms with Crippen LogP contribution in [0.1, 0.15) is 39.6 Å². The molecule has 3 rings (SSSR count). The predicted octanol–water partition coefficient (Wildman–Crippen LogP) is 3.24. The number of nitrogens with zero attached hydrogens (tertiary/aromatic N) is 1. The fraction of sp³-hybridized carbons (Fsp3) is 0.278. The highest BCUT2D eigenvalue weighted by atomic mass is 79.9. The Morgan fingerprint density at radius 1 is 1.24 bits per heavy atom. The Bertz CT molecular complexity index is 820. The summed E-state index contributed by atoms with van der Waals surface area (Å²) in [6.07, 6.45) is 0.858. The molecule has 0 fully saturated rings. The SMILES string of the molecule is CC(Cc1ccsc1)NC(=O)CCN1C(=O)c2ccc(Br)cc2C1=O. The lowest BCUT2D eigenvalue weighted by Crippen LogP contribution is -2.38. The second-order valence-electron chi connectivity index (χ2n) is 6.01. The quantitative estimate of drug-likeness (QED) is 0.729. The van der Waals surface area contributed by atoms with Crippen LogP contribution in [0.3, 0.4) is 0 Å². The van der Waals surface area contributed by atoms with Crippen molar-refractivity contribution in [3.63, 3.8) is 0 Å². The summed E-state index contributed by atoms with van der Waals surface area (Å²) in [5.74, 6) is -0.854. The molecule has 1 N–H and O–H groups in total. The molecule has 0 saturated heterocycles. The van der Waals surface area contributed by atoms with Gasteiger partial charge in [-0.2, -0.15) is 11.3 Å². The van der Waals surface area contributed by atoms with Crippen LogP contribution >= 0.6 is 27.3 Å². The number of benzene rings is 1. The maximum atomic E-state index is 12.4. The van der Waals surface area contributed by atoms with Crippen LogP contribution in [0.25, 0.3) is 0 Å². The monoisotopic (exact) mass is 420 g/mol. The fourth-order valence-electron chi connectivity index (χ4n) is 2.84. The second kappa shape index (κ2) is 7.49. The van der Waals surface area contributed by atoms with E-state index in [1.807, 2.05) is 18.4 Å². The van der Waals surface area contributed by atoms with E-state index < -0.39 is 0 Å². The summed E-state index contributed by atoms with van der Waals surface area (Å²) in [5.41, 5.74) is 1.95. The van der Waals surface area contributed by atoms with Crippen molar-refractivity contribution in [1.82, 2.24) is 10.2 Å². The molecule has 1 aromatic heterocycles. The molecule has 3 amide bonds. The Hall–Kier alpha value is -1.99. The van der Waals surface area contributed by atoms with Gasteiger partial charge in [-0.15, -0.1) is 0 Å². The van der Waals surface area contributed by atoms with Gasteiger partial charge < -0.3 is 5.32 Å². The molecule has 130 valence electrons. The van der Waals surface area contributed by atoms with Gasteiger partial charge in [0.15, 0.2) is 0 Å². The Morgan fingerprint density at radius 3 is 2.72 bits per heavy atom. The number of amides is 3. The predicted molar refractivity (Wildman–Crippen MR) is 99.8 cm³/mol. The van der Waals surface area contributed by atoms with Crippen molar-refractivity contribution >= 4 is 45.0 Å². The summed E-state index contributed by atoms with van der Waals surface area (Å²) in [5, 5.41) is 6.97. The molecule has 0 spiro atoms. The van der Waals surface area contributed by atoms with Crippen LogP contribution in [-0.4, -0.2) is 35.2 Å². The molecule has 1 aliphatic heterocycles. The second-order valence-corrected chi connectivity index (χ2v) is 7.70. The van der Waals surface area contributed by atoms with Gasteiger partial charge in [-0.3, -0.25) is 19.3 Å². The molecule has 1 aliphatic rings. The highest BCUT2D eigenvalue weighted by Crippen LogP contribution is 2.26. The summed E-state index contributed by atoms with van der Waals surface area (Å²) in [4.78, 5) is 37.9. The van der Waals surface area contributed by atoms with Crippen LogP contribution < -0.4 is 5.32 Å². The first kappa shape index (κ1) is 17.8. The van der Waals surface area contributed by atoms with Gasteiger partial charge in [0.05, 0.1) is 11.1 Å². The van der Waals surface area contributed by atoms with Gasteiger partial charge >= 0.3 is 0 Å². The first-order valence-corrected chi connectivity index (χ1v) is 9.65. The van der Waals surface area contributed by atoms with Gasteiger partial charge in [-0.25, -0.2) is 0 Å². The average molecular weight is 421 g/mol. The molecule has 0 saturated carbocycles. The van der Waals surface area contributed by atoms with E-state index in [-0.39, 0.29) is 36.7 Å². The lowest BCUT2D eigenvalue weighted by atomic mass is 10.1. The Kier molecular flexibility index (Phi) is 5.34. The first-order valence-electron chi connectivity index (χ1n) is 7.92. The minimum atomic E-state index is -0.347. The van der Waals surface area contributed by atoms with Gasteiger partial charge in [0.25, 0.3) is 11.8 Å². The number of rotatable bonds is 6. The summed E-state index contributed by atoms with van der Waals surface area (Å²) in [7, 11) is 0. The van der Waals surface area contributed by atoms with E-state index in [2.05, 4.69) is 26.6 Å². The Morgan fingerprint density at radius 2 is 2.00 bits per heavy atom. The zero-order valence-electron chi connectivity index (χ0n) is 13.6. The van der Waals surface area contributed by atoms with Crippen molar-refractivity contribution < 1.29 is 14.4 Å². The zero-order valence-corrected chi connectivity index (χ0v) is 16.0. The maximum absolute atomic E-state index is 12.4. The van der Waals surface area contributed by atoms with Crippen LogP contribution in [-0.2, 0) is 11.2 Å². The lowest BCUT2D eigenvalue weighted by Gasteiger charge is -2.16. The first-order chi connectivity index (χ1) is 12.0. The summed E-state index contributed by atoms with van der Waals surface area (Å²) in [6, 6.07) is 7.03. The topological polar surface area (TPSA) is 66.5 Å². The third-order valence-electron chi connectivity index (χ3n) is 4.02. The number of fused-ring (bicyclic) bond motifs is 1. The van der Waals surface area contributed by atoms with Gasteiger partial charge in [0.2, 0.25) is 5.91 Å². The van der Waals surface area contributed by atoms with E-state index in [9.17, 15) is 14.4 Å². The number of imide groups is 1. The Labute approximate surface area is 158 Å². The maximum Gasteiger partial charge on any atom is 0.261 e. The minimum absolute atomic E-state index is 0.000216. The van der Waals surface area contributed by atoms with Crippen molar-refractivity contribution in [3.8, 4) is 0 Å². The molecule has 0 aliphatic carbocycles. The molecule has 7 heteroatoms. The van der Waals surface area contributed by atoms with E-state index in [1.165, 1.54) is 5.56 Å². The smallest absolute Gasteiger partial charge is 0.261 e. The fourth-order valence-corrected chi connectivity index (χ4v) is 3.88. The van der Waals surface area contributed by atoms with Crippen molar-refractivity contribution in [3.05, 3.63) is 56.2 Å². The number of hydrogen-bond donors (Lipinski definition) is 1. The van der Waals surface area contributed by atoms with E-state index in [4.69, 9.17) is 0 Å². The zero-order chi connectivity index (χ0) is 18.0. The van der Waals surface area contributed by atoms with Gasteiger partial charge in [0.1, 0.15) is 0 Å². The van der Waals surface area contributed by atoms with Crippen molar-refractivity contribution in [2.45, 2.75) is 25.8 Å². The average Bonchev–Trinajstić information content (AvgIpc) is 3.14.